The fourth-order valence-corrected chi connectivity index (χ4v) is 2.56. The number of aryl methyl sites for hydroxylation is 1. The highest BCUT2D eigenvalue weighted by Gasteiger charge is 2.16. The van der Waals surface area contributed by atoms with Crippen molar-refractivity contribution in [2.45, 2.75) is 6.92 Å². The maximum Gasteiger partial charge on any atom is 0.266 e. The molecule has 0 unspecified atom stereocenters. The van der Waals surface area contributed by atoms with Gasteiger partial charge in [-0.3, -0.25) is 4.79 Å². The summed E-state index contributed by atoms with van der Waals surface area (Å²) < 4.78 is 1.36. The van der Waals surface area contributed by atoms with E-state index in [1.54, 1.807) is 6.20 Å². The summed E-state index contributed by atoms with van der Waals surface area (Å²) in [6, 6.07) is 7.65. The molecule has 0 spiro atoms. The molecule has 1 aliphatic rings. The van der Waals surface area contributed by atoms with Crippen molar-refractivity contribution in [2.24, 2.45) is 0 Å². The van der Waals surface area contributed by atoms with Gasteiger partial charge in [0.2, 0.25) is 0 Å². The molecule has 1 aromatic carbocycles. The van der Waals surface area contributed by atoms with Gasteiger partial charge in [0, 0.05) is 26.2 Å². The lowest BCUT2D eigenvalue weighted by Gasteiger charge is -2.30. The Bertz CT molecular complexity index is 707. The second-order valence-corrected chi connectivity index (χ2v) is 5.24. The molecular weight excluding hydrogens is 263 g/mol. The van der Waals surface area contributed by atoms with E-state index in [9.17, 15) is 4.79 Å². The first kappa shape index (κ1) is 13.9. The van der Waals surface area contributed by atoms with Gasteiger partial charge >= 0.3 is 0 Å². The van der Waals surface area contributed by atoms with E-state index in [1.165, 1.54) is 4.68 Å². The third-order valence-corrected chi connectivity index (χ3v) is 3.70. The zero-order valence-corrected chi connectivity index (χ0v) is 12.0. The lowest BCUT2D eigenvalue weighted by Crippen LogP contribution is -2.48. The van der Waals surface area contributed by atoms with Crippen LogP contribution in [0.25, 0.3) is 5.69 Å². The Hall–Kier alpha value is -2.08. The Labute approximate surface area is 125 Å². The fourth-order valence-electron chi connectivity index (χ4n) is 2.56. The summed E-state index contributed by atoms with van der Waals surface area (Å²) in [5.41, 5.74) is 2.53. The van der Waals surface area contributed by atoms with Crippen LogP contribution in [-0.4, -0.2) is 43.8 Å². The molecule has 106 valence electrons. The summed E-state index contributed by atoms with van der Waals surface area (Å²) in [4.78, 5) is 14.6. The first-order chi connectivity index (χ1) is 10.2. The minimum absolute atomic E-state index is 0.258. The number of benzene rings is 1. The SMILES string of the molecule is [B]c1c(N2CCNCC2)cnn(-c2cccc(C)c2)c1=O. The maximum atomic E-state index is 12.5. The summed E-state index contributed by atoms with van der Waals surface area (Å²) in [5, 5.41) is 7.56. The monoisotopic (exact) mass is 280 g/mol. The van der Waals surface area contributed by atoms with Gasteiger partial charge in [-0.15, -0.1) is 0 Å². The summed E-state index contributed by atoms with van der Waals surface area (Å²) in [5.74, 6) is 0. The van der Waals surface area contributed by atoms with Gasteiger partial charge < -0.3 is 10.2 Å². The smallest absolute Gasteiger partial charge is 0.266 e. The van der Waals surface area contributed by atoms with Gasteiger partial charge in [0.25, 0.3) is 5.56 Å². The van der Waals surface area contributed by atoms with Crippen LogP contribution in [0.3, 0.4) is 0 Å². The number of hydrogen-bond donors (Lipinski definition) is 1. The summed E-state index contributed by atoms with van der Waals surface area (Å²) in [6.07, 6.45) is 1.68. The summed E-state index contributed by atoms with van der Waals surface area (Å²) >= 11 is 0. The minimum atomic E-state index is -0.267. The van der Waals surface area contributed by atoms with Crippen LogP contribution in [0.5, 0.6) is 0 Å². The Morgan fingerprint density at radius 2 is 2.05 bits per heavy atom. The maximum absolute atomic E-state index is 12.5. The topological polar surface area (TPSA) is 50.2 Å². The number of rotatable bonds is 2. The quantitative estimate of drug-likeness (QED) is 0.770. The minimum Gasteiger partial charge on any atom is -0.368 e. The van der Waals surface area contributed by atoms with Gasteiger partial charge in [-0.25, -0.2) is 0 Å². The second-order valence-electron chi connectivity index (χ2n) is 5.24. The third-order valence-electron chi connectivity index (χ3n) is 3.70. The number of nitrogens with one attached hydrogen (secondary N) is 1. The van der Waals surface area contributed by atoms with E-state index in [0.29, 0.717) is 0 Å². The lowest BCUT2D eigenvalue weighted by molar-refractivity contribution is 0.588. The number of piperazine rings is 1. The number of aromatic nitrogens is 2. The standard InChI is InChI=1S/C15H17BN4O/c1-11-3-2-4-12(9-11)20-15(21)14(16)13(10-18-20)19-7-5-17-6-8-19/h2-4,9-10,17H,5-8H2,1H3. The highest BCUT2D eigenvalue weighted by Crippen LogP contribution is 2.10. The molecule has 1 fully saturated rings. The predicted octanol–water partition coefficient (Wildman–Crippen LogP) is -0.256. The molecule has 0 aliphatic carbocycles. The molecule has 1 saturated heterocycles. The van der Waals surface area contributed by atoms with Crippen molar-refractivity contribution >= 4 is 19.0 Å². The normalized spacial score (nSPS) is 15.2. The van der Waals surface area contributed by atoms with Crippen molar-refractivity contribution in [1.29, 1.82) is 0 Å². The molecule has 3 rings (SSSR count). The van der Waals surface area contributed by atoms with Gasteiger partial charge in [-0.2, -0.15) is 9.78 Å². The largest absolute Gasteiger partial charge is 0.368 e. The third kappa shape index (κ3) is 2.71. The molecule has 1 aromatic heterocycles. The van der Waals surface area contributed by atoms with Crippen molar-refractivity contribution in [3.63, 3.8) is 0 Å². The molecule has 2 heterocycles. The lowest BCUT2D eigenvalue weighted by atomic mass is 9.95. The molecule has 0 amide bonds. The van der Waals surface area contributed by atoms with Crippen molar-refractivity contribution in [2.75, 3.05) is 31.1 Å². The number of anilines is 1. The zero-order valence-electron chi connectivity index (χ0n) is 12.0. The van der Waals surface area contributed by atoms with Gasteiger partial charge in [-0.1, -0.05) is 12.1 Å². The fraction of sp³-hybridized carbons (Fsp3) is 0.333. The van der Waals surface area contributed by atoms with Crippen LogP contribution >= 0.6 is 0 Å². The molecule has 0 saturated carbocycles. The average Bonchev–Trinajstić information content (AvgIpc) is 2.51. The van der Waals surface area contributed by atoms with Crippen LogP contribution in [-0.2, 0) is 0 Å². The van der Waals surface area contributed by atoms with Crippen molar-refractivity contribution in [3.8, 4) is 5.69 Å². The highest BCUT2D eigenvalue weighted by molar-refractivity contribution is 6.35. The van der Waals surface area contributed by atoms with Gasteiger partial charge in [0.1, 0.15) is 7.85 Å². The Kier molecular flexibility index (Phi) is 3.79. The zero-order chi connectivity index (χ0) is 14.8. The second kappa shape index (κ2) is 5.73. The summed E-state index contributed by atoms with van der Waals surface area (Å²) in [7, 11) is 6.05. The van der Waals surface area contributed by atoms with Crippen LogP contribution in [0, 0.1) is 6.92 Å². The van der Waals surface area contributed by atoms with Crippen molar-refractivity contribution < 1.29 is 0 Å². The van der Waals surface area contributed by atoms with Gasteiger partial charge in [0.05, 0.1) is 17.6 Å². The van der Waals surface area contributed by atoms with Crippen LogP contribution in [0.4, 0.5) is 5.69 Å². The Balaban J connectivity index is 2.02. The first-order valence-corrected chi connectivity index (χ1v) is 7.07. The molecule has 6 heteroatoms. The van der Waals surface area contributed by atoms with E-state index in [2.05, 4.69) is 15.3 Å². The molecule has 2 radical (unpaired) electrons. The Morgan fingerprint density at radius 1 is 1.29 bits per heavy atom. The number of nitrogens with zero attached hydrogens (tertiary/aromatic N) is 3. The first-order valence-electron chi connectivity index (χ1n) is 7.07. The molecule has 21 heavy (non-hydrogen) atoms. The molecule has 0 bridgehead atoms. The van der Waals surface area contributed by atoms with E-state index >= 15 is 0 Å². The molecule has 1 N–H and O–H groups in total. The van der Waals surface area contributed by atoms with E-state index in [4.69, 9.17) is 7.85 Å². The molecule has 2 aromatic rings. The van der Waals surface area contributed by atoms with Crippen LogP contribution < -0.4 is 21.2 Å². The molecule has 1 aliphatic heterocycles. The van der Waals surface area contributed by atoms with Crippen LogP contribution in [0.15, 0.2) is 35.3 Å². The van der Waals surface area contributed by atoms with Crippen LogP contribution in [0.2, 0.25) is 0 Å². The van der Waals surface area contributed by atoms with Gasteiger partial charge in [0.15, 0.2) is 0 Å². The predicted molar refractivity (Wildman–Crippen MR) is 85.0 cm³/mol. The number of hydrogen-bond acceptors (Lipinski definition) is 4. The van der Waals surface area contributed by atoms with E-state index in [-0.39, 0.29) is 11.0 Å². The molecular formula is C15H17BN4O. The van der Waals surface area contributed by atoms with E-state index in [0.717, 1.165) is 43.1 Å². The highest BCUT2D eigenvalue weighted by atomic mass is 16.1. The summed E-state index contributed by atoms with van der Waals surface area (Å²) in [6.45, 7) is 5.42. The molecule has 0 atom stereocenters. The van der Waals surface area contributed by atoms with E-state index in [1.807, 2.05) is 31.2 Å². The van der Waals surface area contributed by atoms with E-state index < -0.39 is 0 Å². The molecule has 5 nitrogen and oxygen atoms in total. The van der Waals surface area contributed by atoms with Crippen LogP contribution in [0.1, 0.15) is 5.56 Å². The van der Waals surface area contributed by atoms with Crippen molar-refractivity contribution in [3.05, 3.63) is 46.4 Å². The Morgan fingerprint density at radius 3 is 2.76 bits per heavy atom. The average molecular weight is 280 g/mol. The van der Waals surface area contributed by atoms with Crippen molar-refractivity contribution in [1.82, 2.24) is 15.1 Å². The van der Waals surface area contributed by atoms with Gasteiger partial charge in [-0.05, 0) is 30.1 Å².